The maximum absolute atomic E-state index is 13.9. The third kappa shape index (κ3) is 4.92. The van der Waals surface area contributed by atoms with Gasteiger partial charge < -0.3 is 19.4 Å². The monoisotopic (exact) mass is 605 g/mol. The number of nitrogens with zero attached hydrogens (tertiary/aromatic N) is 3. The van der Waals surface area contributed by atoms with Crippen LogP contribution in [-0.2, 0) is 10.5 Å². The summed E-state index contributed by atoms with van der Waals surface area (Å²) in [6.07, 6.45) is 0. The van der Waals surface area contributed by atoms with Gasteiger partial charge in [0.2, 0.25) is 10.9 Å². The van der Waals surface area contributed by atoms with Crippen LogP contribution in [-0.4, -0.2) is 39.2 Å². The second-order valence-corrected chi connectivity index (χ2v) is 11.6. The van der Waals surface area contributed by atoms with Crippen LogP contribution >= 0.6 is 34.7 Å². The third-order valence-corrected chi connectivity index (χ3v) is 8.97. The number of phenolic OH excluding ortho intramolecular Hbond substituents is 1. The Morgan fingerprint density at radius 3 is 2.68 bits per heavy atom. The maximum Gasteiger partial charge on any atom is 0.296 e. The Balaban J connectivity index is 1.38. The van der Waals surface area contributed by atoms with E-state index in [-0.39, 0.29) is 22.2 Å². The largest absolute Gasteiger partial charge is 0.508 e. The van der Waals surface area contributed by atoms with Gasteiger partial charge in [-0.15, -0.1) is 10.2 Å². The second kappa shape index (κ2) is 10.9. The molecule has 1 aliphatic rings. The number of carbonyl (C=O) groups excluding carboxylic acids is 2. The summed E-state index contributed by atoms with van der Waals surface area (Å²) in [5.41, 5.74) is 1.46. The molecule has 0 bridgehead atoms. The number of aliphatic hydroxyl groups excluding tert-OH is 1. The van der Waals surface area contributed by atoms with Crippen molar-refractivity contribution in [2.45, 2.75) is 16.1 Å². The van der Waals surface area contributed by atoms with Gasteiger partial charge in [-0.2, -0.15) is 0 Å². The first-order valence-corrected chi connectivity index (χ1v) is 14.4. The van der Waals surface area contributed by atoms with Crippen LogP contribution in [0.2, 0.25) is 5.02 Å². The molecule has 0 saturated carbocycles. The van der Waals surface area contributed by atoms with Crippen molar-refractivity contribution >= 4 is 62.5 Å². The number of hydrogen-bond donors (Lipinski definition) is 2. The van der Waals surface area contributed by atoms with Gasteiger partial charge in [0.15, 0.2) is 27.2 Å². The highest BCUT2D eigenvalue weighted by Gasteiger charge is 2.47. The van der Waals surface area contributed by atoms with Gasteiger partial charge in [-0.1, -0.05) is 77.2 Å². The summed E-state index contributed by atoms with van der Waals surface area (Å²) in [4.78, 5) is 28.6. The number of halogens is 1. The van der Waals surface area contributed by atoms with Crippen LogP contribution in [0.15, 0.2) is 92.9 Å². The lowest BCUT2D eigenvalue weighted by Gasteiger charge is -2.23. The number of ketones is 1. The number of ether oxygens (including phenoxy) is 1. The number of furan rings is 1. The molecule has 1 amide bonds. The number of rotatable bonds is 8. The number of aliphatic hydroxyl groups is 1. The first-order chi connectivity index (χ1) is 19.9. The Hall–Kier alpha value is -4.32. The van der Waals surface area contributed by atoms with E-state index in [9.17, 15) is 19.8 Å². The number of aromatic nitrogens is 2. The highest BCUT2D eigenvalue weighted by Crippen LogP contribution is 2.45. The number of aromatic hydroxyl groups is 1. The third-order valence-electron chi connectivity index (χ3n) is 6.50. The molecule has 0 radical (unpaired) electrons. The molecule has 0 fully saturated rings. The zero-order valence-corrected chi connectivity index (χ0v) is 23.7. The Kier molecular flexibility index (Phi) is 7.16. The van der Waals surface area contributed by atoms with Crippen LogP contribution < -0.4 is 9.64 Å². The second-order valence-electron chi connectivity index (χ2n) is 8.98. The van der Waals surface area contributed by atoms with Gasteiger partial charge in [-0.25, -0.2) is 0 Å². The predicted molar refractivity (Wildman–Crippen MR) is 156 cm³/mol. The summed E-state index contributed by atoms with van der Waals surface area (Å²) in [6.45, 7) is 0. The van der Waals surface area contributed by atoms with Crippen molar-refractivity contribution in [3.63, 3.8) is 0 Å². The molecule has 0 spiro atoms. The maximum atomic E-state index is 13.9. The van der Waals surface area contributed by atoms with E-state index in [0.717, 1.165) is 16.9 Å². The van der Waals surface area contributed by atoms with Crippen molar-refractivity contribution in [3.05, 3.63) is 106 Å². The Morgan fingerprint density at radius 1 is 1.10 bits per heavy atom. The van der Waals surface area contributed by atoms with Gasteiger partial charge in [-0.05, 0) is 41.5 Å². The summed E-state index contributed by atoms with van der Waals surface area (Å²) in [5, 5.41) is 31.1. The van der Waals surface area contributed by atoms with Crippen LogP contribution in [0.1, 0.15) is 27.7 Å². The minimum Gasteiger partial charge on any atom is -0.508 e. The molecule has 9 nitrogen and oxygen atoms in total. The van der Waals surface area contributed by atoms with E-state index in [1.54, 1.807) is 36.4 Å². The number of hydrogen-bond acceptors (Lipinski definition) is 10. The quantitative estimate of drug-likeness (QED) is 0.112. The fourth-order valence-electron chi connectivity index (χ4n) is 4.60. The fraction of sp³-hybridized carbons (Fsp3) is 0.103. The summed E-state index contributed by atoms with van der Waals surface area (Å²) in [7, 11) is 1.49. The molecule has 3 heterocycles. The number of carbonyl (C=O) groups is 2. The molecule has 41 heavy (non-hydrogen) atoms. The molecular formula is C29H20ClN3O6S2. The van der Waals surface area contributed by atoms with E-state index in [1.807, 2.05) is 18.2 Å². The number of methoxy groups -OCH3 is 1. The van der Waals surface area contributed by atoms with Gasteiger partial charge in [-0.3, -0.25) is 14.5 Å². The molecular weight excluding hydrogens is 586 g/mol. The summed E-state index contributed by atoms with van der Waals surface area (Å²) < 4.78 is 11.7. The van der Waals surface area contributed by atoms with Crippen LogP contribution in [0.4, 0.5) is 5.13 Å². The Labute approximate surface area is 246 Å². The smallest absolute Gasteiger partial charge is 0.296 e. The number of amides is 1. The van der Waals surface area contributed by atoms with Crippen molar-refractivity contribution in [1.29, 1.82) is 0 Å². The molecule has 12 heteroatoms. The number of Topliss-reactive ketones (excluding diaryl/α,β-unsaturated/α-hetero) is 1. The zero-order chi connectivity index (χ0) is 28.7. The van der Waals surface area contributed by atoms with E-state index in [0.29, 0.717) is 37.4 Å². The van der Waals surface area contributed by atoms with Gasteiger partial charge in [0.25, 0.3) is 5.91 Å². The number of fused-ring (bicyclic) bond motifs is 1. The lowest BCUT2D eigenvalue weighted by atomic mass is 9.95. The number of anilines is 1. The molecule has 206 valence electrons. The average molecular weight is 606 g/mol. The van der Waals surface area contributed by atoms with Gasteiger partial charge >= 0.3 is 0 Å². The summed E-state index contributed by atoms with van der Waals surface area (Å²) in [5.74, 6) is -1.45. The molecule has 5 aromatic rings. The zero-order valence-electron chi connectivity index (χ0n) is 21.3. The van der Waals surface area contributed by atoms with Crippen molar-refractivity contribution in [2.75, 3.05) is 12.0 Å². The highest BCUT2D eigenvalue weighted by atomic mass is 35.5. The van der Waals surface area contributed by atoms with Crippen molar-refractivity contribution in [2.24, 2.45) is 0 Å². The lowest BCUT2D eigenvalue weighted by molar-refractivity contribution is -0.117. The molecule has 6 rings (SSSR count). The highest BCUT2D eigenvalue weighted by molar-refractivity contribution is 8.00. The minimum absolute atomic E-state index is 0.0743. The van der Waals surface area contributed by atoms with Gasteiger partial charge in [0.1, 0.15) is 5.75 Å². The molecule has 0 aliphatic carbocycles. The number of para-hydroxylation sites is 1. The molecule has 2 N–H and O–H groups in total. The SMILES string of the molecule is COc1cccc2cc(C(=O)C3=C(O)C(=O)N(c4nnc(SCc5ccccc5Cl)s4)C3c3cccc(O)c3)oc12. The van der Waals surface area contributed by atoms with Crippen LogP contribution in [0.3, 0.4) is 0 Å². The van der Waals surface area contributed by atoms with E-state index in [1.165, 1.54) is 42.0 Å². The Bertz CT molecular complexity index is 1850. The van der Waals surface area contributed by atoms with Crippen LogP contribution in [0, 0.1) is 0 Å². The molecule has 1 unspecified atom stereocenters. The molecule has 1 aliphatic heterocycles. The van der Waals surface area contributed by atoms with E-state index >= 15 is 0 Å². The molecule has 0 saturated heterocycles. The topological polar surface area (TPSA) is 126 Å². The first kappa shape index (κ1) is 26.9. The normalized spacial score (nSPS) is 15.2. The van der Waals surface area contributed by atoms with E-state index in [4.69, 9.17) is 20.8 Å². The fourth-order valence-corrected chi connectivity index (χ4v) is 6.75. The first-order valence-electron chi connectivity index (χ1n) is 12.2. The summed E-state index contributed by atoms with van der Waals surface area (Å²) >= 11 is 8.80. The number of benzene rings is 3. The number of phenols is 1. The van der Waals surface area contributed by atoms with Crippen molar-refractivity contribution in [1.82, 2.24) is 10.2 Å². The van der Waals surface area contributed by atoms with Crippen molar-refractivity contribution in [3.8, 4) is 11.5 Å². The molecule has 3 aromatic carbocycles. The average Bonchev–Trinajstić information content (AvgIpc) is 3.69. The van der Waals surface area contributed by atoms with Crippen LogP contribution in [0.5, 0.6) is 11.5 Å². The molecule has 2 aromatic heterocycles. The molecule has 1 atom stereocenters. The lowest BCUT2D eigenvalue weighted by Crippen LogP contribution is -2.31. The van der Waals surface area contributed by atoms with Crippen molar-refractivity contribution < 1.29 is 29.0 Å². The van der Waals surface area contributed by atoms with Gasteiger partial charge in [0.05, 0.1) is 18.7 Å². The minimum atomic E-state index is -1.11. The van der Waals surface area contributed by atoms with E-state index in [2.05, 4.69) is 10.2 Å². The van der Waals surface area contributed by atoms with Gasteiger partial charge in [0, 0.05) is 16.2 Å². The number of thioether (sulfide) groups is 1. The standard InChI is InChI=1S/C29H20ClN3O6S2/c1-38-20-11-5-8-16-13-21(39-26(16)20)24(35)22-23(15-7-4-9-18(34)12-15)33(27(37)25(22)36)28-31-32-29(41-28)40-14-17-6-2-3-10-19(17)30/h2-13,23,34,36H,14H2,1H3. The Morgan fingerprint density at radius 2 is 1.90 bits per heavy atom. The summed E-state index contributed by atoms with van der Waals surface area (Å²) in [6, 6.07) is 19.2. The predicted octanol–water partition coefficient (Wildman–Crippen LogP) is 6.73. The van der Waals surface area contributed by atoms with E-state index < -0.39 is 23.5 Å². The van der Waals surface area contributed by atoms with Crippen LogP contribution in [0.25, 0.3) is 11.0 Å².